The highest BCUT2D eigenvalue weighted by molar-refractivity contribution is 5.65. The first kappa shape index (κ1) is 12.2. The van der Waals surface area contributed by atoms with Gasteiger partial charge in [0.15, 0.2) is 0 Å². The van der Waals surface area contributed by atoms with E-state index in [0.29, 0.717) is 25.0 Å². The van der Waals surface area contributed by atoms with Crippen molar-refractivity contribution in [1.82, 2.24) is 5.48 Å². The van der Waals surface area contributed by atoms with Crippen LogP contribution >= 0.6 is 0 Å². The van der Waals surface area contributed by atoms with E-state index >= 15 is 0 Å². The first-order valence-electron chi connectivity index (χ1n) is 4.57. The van der Waals surface area contributed by atoms with Crippen LogP contribution in [0.2, 0.25) is 0 Å². The summed E-state index contributed by atoms with van der Waals surface area (Å²) in [4.78, 5) is 15.7. The molecule has 1 amide bonds. The Balaban J connectivity index is 3.30. The van der Waals surface area contributed by atoms with E-state index in [9.17, 15) is 4.79 Å². The van der Waals surface area contributed by atoms with E-state index in [-0.39, 0.29) is 0 Å². The van der Waals surface area contributed by atoms with Gasteiger partial charge >= 0.3 is 6.09 Å². The van der Waals surface area contributed by atoms with Gasteiger partial charge in [0.25, 0.3) is 0 Å². The molecule has 0 aromatic rings. The molecule has 0 heterocycles. The normalized spacial score (nSPS) is 10.6. The van der Waals surface area contributed by atoms with Gasteiger partial charge in [-0.05, 0) is 11.8 Å². The van der Waals surface area contributed by atoms with Crippen LogP contribution in [0.3, 0.4) is 0 Å². The summed E-state index contributed by atoms with van der Waals surface area (Å²) in [5, 5.41) is 0. The summed E-state index contributed by atoms with van der Waals surface area (Å²) in [5.74, 6) is 0.737. The van der Waals surface area contributed by atoms with Gasteiger partial charge in [0.05, 0.1) is 13.2 Å². The van der Waals surface area contributed by atoms with Gasteiger partial charge in [0.1, 0.15) is 0 Å². The third kappa shape index (κ3) is 9.14. The Labute approximate surface area is 79.6 Å². The number of carbonyl (C=O) groups is 1. The molecule has 0 rings (SSSR count). The summed E-state index contributed by atoms with van der Waals surface area (Å²) < 4.78 is 4.81. The average Bonchev–Trinajstić information content (AvgIpc) is 2.00. The standard InChI is InChI=1S/C9H19NO3/c1-7(2)5-12-9(11)10-13-6-8(3)4/h7-8H,5-6H2,1-4H3,(H,10,11). The third-order valence-electron chi connectivity index (χ3n) is 1.12. The predicted molar refractivity (Wildman–Crippen MR) is 50.1 cm³/mol. The van der Waals surface area contributed by atoms with Crippen LogP contribution in [0.1, 0.15) is 27.7 Å². The van der Waals surface area contributed by atoms with Gasteiger partial charge < -0.3 is 4.74 Å². The van der Waals surface area contributed by atoms with E-state index in [1.165, 1.54) is 0 Å². The topological polar surface area (TPSA) is 47.6 Å². The minimum atomic E-state index is -0.519. The minimum Gasteiger partial charge on any atom is -0.448 e. The molecular weight excluding hydrogens is 170 g/mol. The van der Waals surface area contributed by atoms with Crippen LogP contribution in [0, 0.1) is 11.8 Å². The summed E-state index contributed by atoms with van der Waals surface area (Å²) in [6, 6.07) is 0. The SMILES string of the molecule is CC(C)CONC(=O)OCC(C)C. The Morgan fingerprint density at radius 3 is 2.15 bits per heavy atom. The van der Waals surface area contributed by atoms with Crippen molar-refractivity contribution in [3.8, 4) is 0 Å². The lowest BCUT2D eigenvalue weighted by Gasteiger charge is -2.09. The Bertz CT molecular complexity index is 146. The number of ether oxygens (including phenoxy) is 1. The summed E-state index contributed by atoms with van der Waals surface area (Å²) in [5.41, 5.74) is 2.21. The Hall–Kier alpha value is -0.770. The first-order chi connectivity index (χ1) is 6.02. The molecule has 0 fully saturated rings. The molecule has 0 saturated heterocycles. The molecule has 0 bridgehead atoms. The Kier molecular flexibility index (Phi) is 6.32. The van der Waals surface area contributed by atoms with Crippen molar-refractivity contribution in [1.29, 1.82) is 0 Å². The number of hydrogen-bond donors (Lipinski definition) is 1. The zero-order chi connectivity index (χ0) is 10.3. The van der Waals surface area contributed by atoms with Crippen LogP contribution in [0.5, 0.6) is 0 Å². The van der Waals surface area contributed by atoms with Gasteiger partial charge in [-0.1, -0.05) is 27.7 Å². The maximum absolute atomic E-state index is 10.9. The van der Waals surface area contributed by atoms with E-state index in [0.717, 1.165) is 0 Å². The molecule has 0 aliphatic carbocycles. The van der Waals surface area contributed by atoms with Gasteiger partial charge in [-0.3, -0.25) is 4.84 Å². The fourth-order valence-corrected chi connectivity index (χ4v) is 0.539. The average molecular weight is 189 g/mol. The largest absolute Gasteiger partial charge is 0.448 e. The Morgan fingerprint density at radius 1 is 1.15 bits per heavy atom. The van der Waals surface area contributed by atoms with Gasteiger partial charge in [-0.25, -0.2) is 4.79 Å². The molecular formula is C9H19NO3. The molecule has 0 aromatic carbocycles. The van der Waals surface area contributed by atoms with Crippen LogP contribution in [0.4, 0.5) is 4.79 Å². The number of hydroxylamine groups is 1. The molecule has 0 spiro atoms. The number of carbonyl (C=O) groups excluding carboxylic acids is 1. The summed E-state index contributed by atoms with van der Waals surface area (Å²) in [6.07, 6.45) is -0.519. The molecule has 0 aliphatic heterocycles. The number of hydrogen-bond acceptors (Lipinski definition) is 3. The van der Waals surface area contributed by atoms with Crippen molar-refractivity contribution < 1.29 is 14.4 Å². The van der Waals surface area contributed by atoms with Crippen molar-refractivity contribution in [2.24, 2.45) is 11.8 Å². The highest BCUT2D eigenvalue weighted by Crippen LogP contribution is 1.93. The van der Waals surface area contributed by atoms with Crippen LogP contribution in [0.25, 0.3) is 0 Å². The van der Waals surface area contributed by atoms with Gasteiger partial charge in [-0.15, -0.1) is 0 Å². The monoisotopic (exact) mass is 189 g/mol. The second-order valence-corrected chi connectivity index (χ2v) is 3.80. The van der Waals surface area contributed by atoms with Gasteiger partial charge in [0, 0.05) is 0 Å². The highest BCUT2D eigenvalue weighted by atomic mass is 16.7. The fraction of sp³-hybridized carbons (Fsp3) is 0.889. The first-order valence-corrected chi connectivity index (χ1v) is 4.57. The molecule has 0 radical (unpaired) electrons. The van der Waals surface area contributed by atoms with E-state index in [2.05, 4.69) is 5.48 Å². The van der Waals surface area contributed by atoms with E-state index in [4.69, 9.17) is 9.57 Å². The van der Waals surface area contributed by atoms with Crippen molar-refractivity contribution in [3.63, 3.8) is 0 Å². The van der Waals surface area contributed by atoms with Gasteiger partial charge in [0.2, 0.25) is 0 Å². The second kappa shape index (κ2) is 6.71. The molecule has 0 aliphatic rings. The van der Waals surface area contributed by atoms with Crippen LogP contribution < -0.4 is 5.48 Å². The summed E-state index contributed by atoms with van der Waals surface area (Å²) >= 11 is 0. The third-order valence-corrected chi connectivity index (χ3v) is 1.12. The van der Waals surface area contributed by atoms with E-state index in [1.807, 2.05) is 27.7 Å². The van der Waals surface area contributed by atoms with Crippen molar-refractivity contribution >= 4 is 6.09 Å². The lowest BCUT2D eigenvalue weighted by atomic mass is 10.2. The van der Waals surface area contributed by atoms with Crippen LogP contribution in [-0.4, -0.2) is 19.3 Å². The lowest BCUT2D eigenvalue weighted by molar-refractivity contribution is 0.0130. The van der Waals surface area contributed by atoms with E-state index < -0.39 is 6.09 Å². The molecule has 4 heteroatoms. The molecule has 78 valence electrons. The second-order valence-electron chi connectivity index (χ2n) is 3.80. The number of amides is 1. The molecule has 0 saturated carbocycles. The van der Waals surface area contributed by atoms with Crippen molar-refractivity contribution in [2.75, 3.05) is 13.2 Å². The zero-order valence-corrected chi connectivity index (χ0v) is 8.79. The molecule has 0 atom stereocenters. The highest BCUT2D eigenvalue weighted by Gasteiger charge is 2.03. The van der Waals surface area contributed by atoms with E-state index in [1.54, 1.807) is 0 Å². The number of rotatable bonds is 5. The summed E-state index contributed by atoms with van der Waals surface area (Å²) in [6.45, 7) is 8.86. The van der Waals surface area contributed by atoms with Crippen LogP contribution in [0.15, 0.2) is 0 Å². The molecule has 0 unspecified atom stereocenters. The number of nitrogens with one attached hydrogen (secondary N) is 1. The fourth-order valence-electron chi connectivity index (χ4n) is 0.539. The molecule has 0 aromatic heterocycles. The summed E-state index contributed by atoms with van der Waals surface area (Å²) in [7, 11) is 0. The minimum absolute atomic E-state index is 0.343. The predicted octanol–water partition coefficient (Wildman–Crippen LogP) is 1.96. The lowest BCUT2D eigenvalue weighted by Crippen LogP contribution is -2.27. The molecule has 1 N–H and O–H groups in total. The van der Waals surface area contributed by atoms with Crippen molar-refractivity contribution in [3.05, 3.63) is 0 Å². The maximum Gasteiger partial charge on any atom is 0.431 e. The van der Waals surface area contributed by atoms with Crippen LogP contribution in [-0.2, 0) is 9.57 Å². The maximum atomic E-state index is 10.9. The zero-order valence-electron chi connectivity index (χ0n) is 8.79. The Morgan fingerprint density at radius 2 is 1.69 bits per heavy atom. The van der Waals surface area contributed by atoms with Gasteiger partial charge in [-0.2, -0.15) is 5.48 Å². The smallest absolute Gasteiger partial charge is 0.431 e. The quantitative estimate of drug-likeness (QED) is 0.672. The molecule has 13 heavy (non-hydrogen) atoms. The van der Waals surface area contributed by atoms with Crippen molar-refractivity contribution in [2.45, 2.75) is 27.7 Å². The molecule has 4 nitrogen and oxygen atoms in total.